The quantitative estimate of drug-likeness (QED) is 0.568. The van der Waals surface area contributed by atoms with E-state index in [0.29, 0.717) is 0 Å². The molecule has 1 fully saturated rings. The van der Waals surface area contributed by atoms with Crippen LogP contribution in [0, 0.1) is 0 Å². The second kappa shape index (κ2) is 6.01. The molecule has 0 unspecified atom stereocenters. The van der Waals surface area contributed by atoms with Crippen LogP contribution in [0.25, 0.3) is 33.1 Å². The molecule has 5 rings (SSSR count). The molecular formula is C20H20N4O. The smallest absolute Gasteiger partial charge is 0.135 e. The predicted octanol–water partition coefficient (Wildman–Crippen LogP) is 3.94. The van der Waals surface area contributed by atoms with Crippen LogP contribution in [0.3, 0.4) is 0 Å². The van der Waals surface area contributed by atoms with Crippen molar-refractivity contribution in [3.8, 4) is 11.1 Å². The first-order valence-electron chi connectivity index (χ1n) is 8.91. The van der Waals surface area contributed by atoms with Gasteiger partial charge in [0.2, 0.25) is 0 Å². The predicted molar refractivity (Wildman–Crippen MR) is 98.4 cm³/mol. The van der Waals surface area contributed by atoms with Crippen LogP contribution in [-0.4, -0.2) is 39.4 Å². The van der Waals surface area contributed by atoms with Gasteiger partial charge in [-0.15, -0.1) is 0 Å². The van der Waals surface area contributed by atoms with E-state index in [1.165, 1.54) is 42.4 Å². The summed E-state index contributed by atoms with van der Waals surface area (Å²) in [5, 5.41) is 9.13. The van der Waals surface area contributed by atoms with Gasteiger partial charge in [0.1, 0.15) is 11.0 Å². The molecule has 2 aromatic heterocycles. The van der Waals surface area contributed by atoms with Crippen molar-refractivity contribution in [1.29, 1.82) is 0 Å². The van der Waals surface area contributed by atoms with E-state index >= 15 is 0 Å². The summed E-state index contributed by atoms with van der Waals surface area (Å²) in [5.41, 5.74) is 5.24. The molecule has 5 nitrogen and oxygen atoms in total. The summed E-state index contributed by atoms with van der Waals surface area (Å²) in [5.74, 6) is 0. The minimum absolute atomic E-state index is 0.791. The second-order valence-electron chi connectivity index (χ2n) is 6.76. The maximum Gasteiger partial charge on any atom is 0.135 e. The zero-order valence-electron chi connectivity index (χ0n) is 14.1. The van der Waals surface area contributed by atoms with Gasteiger partial charge in [-0.2, -0.15) is 0 Å². The lowest BCUT2D eigenvalue weighted by molar-refractivity contribution is 0.315. The van der Waals surface area contributed by atoms with Crippen molar-refractivity contribution < 1.29 is 4.63 Å². The molecule has 0 amide bonds. The number of likely N-dealkylation sites (tertiary alicyclic amines) is 1. The lowest BCUT2D eigenvalue weighted by Crippen LogP contribution is -2.23. The monoisotopic (exact) mass is 332 g/mol. The van der Waals surface area contributed by atoms with Crippen LogP contribution in [0.1, 0.15) is 12.8 Å². The highest BCUT2D eigenvalue weighted by Crippen LogP contribution is 2.31. The van der Waals surface area contributed by atoms with Crippen molar-refractivity contribution in [3.63, 3.8) is 0 Å². The highest BCUT2D eigenvalue weighted by Gasteiger charge is 2.13. The molecule has 0 atom stereocenters. The summed E-state index contributed by atoms with van der Waals surface area (Å²) in [6.45, 7) is 4.66. The Balaban J connectivity index is 1.51. The maximum absolute atomic E-state index is 4.82. The van der Waals surface area contributed by atoms with E-state index in [1.807, 2.05) is 12.1 Å². The highest BCUT2D eigenvalue weighted by molar-refractivity contribution is 5.97. The Labute approximate surface area is 145 Å². The van der Waals surface area contributed by atoms with E-state index < -0.39 is 0 Å². The van der Waals surface area contributed by atoms with Crippen LogP contribution in [0.2, 0.25) is 0 Å². The summed E-state index contributed by atoms with van der Waals surface area (Å²) in [4.78, 5) is 2.56. The molecule has 4 aromatic rings. The van der Waals surface area contributed by atoms with Gasteiger partial charge in [-0.3, -0.25) is 0 Å². The minimum atomic E-state index is 0.791. The first kappa shape index (κ1) is 14.7. The number of nitrogens with zero attached hydrogens (tertiary/aromatic N) is 4. The van der Waals surface area contributed by atoms with Crippen LogP contribution >= 0.6 is 0 Å². The molecule has 1 saturated heterocycles. The number of fused-ring (bicyclic) bond motifs is 2. The number of aromatic nitrogens is 3. The molecule has 1 aliphatic heterocycles. The Morgan fingerprint density at radius 3 is 2.72 bits per heavy atom. The van der Waals surface area contributed by atoms with Crippen molar-refractivity contribution in [2.24, 2.45) is 0 Å². The molecule has 3 heterocycles. The summed E-state index contributed by atoms with van der Waals surface area (Å²) < 4.78 is 7.19. The fraction of sp³-hybridized carbons (Fsp3) is 0.300. The third kappa shape index (κ3) is 2.61. The number of benzene rings is 2. The Kier molecular flexibility index (Phi) is 3.52. The lowest BCUT2D eigenvalue weighted by Gasteiger charge is -2.15. The van der Waals surface area contributed by atoms with E-state index in [4.69, 9.17) is 4.63 Å². The van der Waals surface area contributed by atoms with E-state index in [1.54, 1.807) is 0 Å². The molecule has 0 spiro atoms. The molecular weight excluding hydrogens is 312 g/mol. The summed E-state index contributed by atoms with van der Waals surface area (Å²) >= 11 is 0. The van der Waals surface area contributed by atoms with Gasteiger partial charge in [-0.25, -0.2) is 4.63 Å². The third-order valence-corrected chi connectivity index (χ3v) is 5.23. The van der Waals surface area contributed by atoms with Gasteiger partial charge in [0.05, 0.1) is 0 Å². The van der Waals surface area contributed by atoms with Crippen LogP contribution in [0.4, 0.5) is 0 Å². The summed E-state index contributed by atoms with van der Waals surface area (Å²) in [7, 11) is 0. The molecule has 5 heteroatoms. The lowest BCUT2D eigenvalue weighted by atomic mass is 10.0. The van der Waals surface area contributed by atoms with Gasteiger partial charge in [-0.1, -0.05) is 18.2 Å². The second-order valence-corrected chi connectivity index (χ2v) is 6.76. The average molecular weight is 332 g/mol. The Hall–Kier alpha value is -2.66. The topological polar surface area (TPSA) is 47.1 Å². The van der Waals surface area contributed by atoms with Crippen molar-refractivity contribution in [2.75, 3.05) is 19.6 Å². The van der Waals surface area contributed by atoms with E-state index in [0.717, 1.165) is 29.7 Å². The van der Waals surface area contributed by atoms with Crippen molar-refractivity contribution in [2.45, 2.75) is 19.4 Å². The zero-order chi connectivity index (χ0) is 16.6. The normalized spacial score (nSPS) is 15.5. The molecule has 25 heavy (non-hydrogen) atoms. The van der Waals surface area contributed by atoms with Crippen LogP contribution < -0.4 is 0 Å². The Morgan fingerprint density at radius 2 is 1.80 bits per heavy atom. The third-order valence-electron chi connectivity index (χ3n) is 5.23. The fourth-order valence-corrected chi connectivity index (χ4v) is 3.88. The zero-order valence-corrected chi connectivity index (χ0v) is 14.1. The summed E-state index contributed by atoms with van der Waals surface area (Å²) in [6, 6.07) is 14.8. The van der Waals surface area contributed by atoms with Gasteiger partial charge in [0, 0.05) is 30.2 Å². The van der Waals surface area contributed by atoms with E-state index in [9.17, 15) is 0 Å². The first-order valence-corrected chi connectivity index (χ1v) is 8.91. The molecule has 126 valence electrons. The average Bonchev–Trinajstić information content (AvgIpc) is 3.39. The SMILES string of the molecule is c1cc(-c2ccc3nonc3c2)c2ccn(CCN3CCCC3)c2c1. The highest BCUT2D eigenvalue weighted by atomic mass is 16.6. The van der Waals surface area contributed by atoms with Crippen molar-refractivity contribution >= 4 is 21.9 Å². The first-order chi connectivity index (χ1) is 12.4. The van der Waals surface area contributed by atoms with Crippen molar-refractivity contribution in [1.82, 2.24) is 19.8 Å². The van der Waals surface area contributed by atoms with Crippen molar-refractivity contribution in [3.05, 3.63) is 48.7 Å². The molecule has 2 aromatic carbocycles. The van der Waals surface area contributed by atoms with Crippen LogP contribution in [0.5, 0.6) is 0 Å². The Bertz CT molecular complexity index is 1030. The van der Waals surface area contributed by atoms with Gasteiger partial charge < -0.3 is 9.47 Å². The molecule has 0 bridgehead atoms. The van der Waals surface area contributed by atoms with E-state index in [-0.39, 0.29) is 0 Å². The molecule has 1 aliphatic rings. The van der Waals surface area contributed by atoms with Crippen LogP contribution in [-0.2, 0) is 6.54 Å². The molecule has 0 saturated carbocycles. The maximum atomic E-state index is 4.82. The van der Waals surface area contributed by atoms with Gasteiger partial charge in [0.25, 0.3) is 0 Å². The molecule has 0 radical (unpaired) electrons. The van der Waals surface area contributed by atoms with Gasteiger partial charge >= 0.3 is 0 Å². The van der Waals surface area contributed by atoms with Crippen LogP contribution in [0.15, 0.2) is 53.3 Å². The van der Waals surface area contributed by atoms with Gasteiger partial charge in [0.15, 0.2) is 0 Å². The largest absolute Gasteiger partial charge is 0.346 e. The Morgan fingerprint density at radius 1 is 0.920 bits per heavy atom. The fourth-order valence-electron chi connectivity index (χ4n) is 3.88. The standard InChI is InChI=1S/C20H20N4O/c1-2-10-23(9-1)12-13-24-11-8-17-16(4-3-5-20(17)24)15-6-7-18-19(14-15)22-25-21-18/h3-8,11,14H,1-2,9-10,12-13H2. The van der Waals surface area contributed by atoms with Gasteiger partial charge in [-0.05, 0) is 71.6 Å². The number of hydrogen-bond acceptors (Lipinski definition) is 4. The van der Waals surface area contributed by atoms with E-state index in [2.05, 4.69) is 56.3 Å². The molecule has 0 N–H and O–H groups in total. The summed E-state index contributed by atoms with van der Waals surface area (Å²) in [6.07, 6.45) is 4.90. The molecule has 0 aliphatic carbocycles. The number of hydrogen-bond donors (Lipinski definition) is 0. The number of rotatable bonds is 4. The minimum Gasteiger partial charge on any atom is -0.346 e.